The van der Waals surface area contributed by atoms with Crippen LogP contribution in [0.3, 0.4) is 0 Å². The van der Waals surface area contributed by atoms with Crippen LogP contribution in [0, 0.1) is 0 Å². The Morgan fingerprint density at radius 2 is 2.26 bits per heavy atom. The van der Waals surface area contributed by atoms with Gasteiger partial charge in [-0.25, -0.2) is 8.42 Å². The molecule has 3 rings (SSSR count). The van der Waals surface area contributed by atoms with E-state index in [1.807, 2.05) is 12.1 Å². The van der Waals surface area contributed by atoms with Crippen molar-refractivity contribution in [1.82, 2.24) is 10.2 Å². The maximum absolute atomic E-state index is 12.6. The molecule has 1 aromatic rings. The number of carbonyl (C=O) groups is 2. The number of sulfone groups is 1. The number of amides is 2. The minimum absolute atomic E-state index is 0.174. The number of thiocarbonyl (C=S) groups is 1. The fourth-order valence-corrected chi connectivity index (χ4v) is 5.07. The number of rotatable bonds is 5. The van der Waals surface area contributed by atoms with Gasteiger partial charge in [0.1, 0.15) is 16.6 Å². The van der Waals surface area contributed by atoms with Crippen molar-refractivity contribution in [1.29, 1.82) is 0 Å². The van der Waals surface area contributed by atoms with Crippen molar-refractivity contribution in [3.63, 3.8) is 0 Å². The fourth-order valence-electron chi connectivity index (χ4n) is 2.58. The topological polar surface area (TPSA) is 92.8 Å². The smallest absolute Gasteiger partial charge is 0.266 e. The number of nitrogens with zero attached hydrogens (tertiary/aromatic N) is 1. The average molecular weight is 425 g/mol. The van der Waals surface area contributed by atoms with Crippen molar-refractivity contribution < 1.29 is 22.7 Å². The highest BCUT2D eigenvalue weighted by Crippen LogP contribution is 2.32. The summed E-state index contributed by atoms with van der Waals surface area (Å²) in [4.78, 5) is 26.4. The zero-order chi connectivity index (χ0) is 19.6. The van der Waals surface area contributed by atoms with Crippen LogP contribution in [0.15, 0.2) is 40.7 Å². The Morgan fingerprint density at radius 1 is 1.48 bits per heavy atom. The first-order chi connectivity index (χ1) is 12.8. The van der Waals surface area contributed by atoms with Crippen molar-refractivity contribution >= 4 is 56.0 Å². The fraction of sp³-hybridized carbons (Fsp3) is 0.235. The van der Waals surface area contributed by atoms with Crippen LogP contribution < -0.4 is 10.1 Å². The molecule has 2 amide bonds. The molecular weight excluding hydrogens is 408 g/mol. The second kappa shape index (κ2) is 7.83. The summed E-state index contributed by atoms with van der Waals surface area (Å²) < 4.78 is 28.2. The lowest BCUT2D eigenvalue weighted by atomic mass is 10.2. The van der Waals surface area contributed by atoms with Gasteiger partial charge >= 0.3 is 0 Å². The van der Waals surface area contributed by atoms with Gasteiger partial charge in [-0.1, -0.05) is 36.1 Å². The predicted molar refractivity (Wildman–Crippen MR) is 108 cm³/mol. The lowest BCUT2D eigenvalue weighted by molar-refractivity contribution is -0.128. The largest absolute Gasteiger partial charge is 0.497 e. The minimum atomic E-state index is -3.26. The van der Waals surface area contributed by atoms with Crippen LogP contribution in [-0.2, 0) is 19.4 Å². The lowest BCUT2D eigenvalue weighted by Crippen LogP contribution is -2.43. The number of thioether (sulfide) groups is 1. The number of nitrogens with one attached hydrogen (secondary N) is 1. The van der Waals surface area contributed by atoms with Crippen LogP contribution in [0.25, 0.3) is 6.08 Å². The SMILES string of the molecule is COc1cccc(/C=C2\SC(=S)N(CC(=O)NC3C=CS(=O)(=O)C3)C2=O)c1. The number of ether oxygens (including phenoxy) is 1. The summed E-state index contributed by atoms with van der Waals surface area (Å²) in [6.07, 6.45) is 3.10. The molecule has 1 saturated heterocycles. The van der Waals surface area contributed by atoms with E-state index >= 15 is 0 Å². The molecule has 1 unspecified atom stereocenters. The van der Waals surface area contributed by atoms with Crippen LogP contribution in [0.4, 0.5) is 0 Å². The summed E-state index contributed by atoms with van der Waals surface area (Å²) in [5.41, 5.74) is 0.778. The predicted octanol–water partition coefficient (Wildman–Crippen LogP) is 1.32. The van der Waals surface area contributed by atoms with E-state index in [4.69, 9.17) is 17.0 Å². The van der Waals surface area contributed by atoms with Crippen LogP contribution >= 0.6 is 24.0 Å². The van der Waals surface area contributed by atoms with Gasteiger partial charge in [-0.05, 0) is 29.8 Å². The minimum Gasteiger partial charge on any atom is -0.497 e. The highest BCUT2D eigenvalue weighted by atomic mass is 32.2. The number of carbonyl (C=O) groups excluding carboxylic acids is 2. The van der Waals surface area contributed by atoms with Gasteiger partial charge in [0.25, 0.3) is 5.91 Å². The summed E-state index contributed by atoms with van der Waals surface area (Å²) in [5.74, 6) is -0.344. The zero-order valence-electron chi connectivity index (χ0n) is 14.2. The van der Waals surface area contributed by atoms with E-state index in [9.17, 15) is 18.0 Å². The molecule has 1 fully saturated rings. The maximum Gasteiger partial charge on any atom is 0.266 e. The Morgan fingerprint density at radius 3 is 2.93 bits per heavy atom. The molecule has 0 radical (unpaired) electrons. The summed E-state index contributed by atoms with van der Waals surface area (Å²) in [7, 11) is -1.71. The molecule has 0 spiro atoms. The van der Waals surface area contributed by atoms with E-state index in [-0.39, 0.29) is 22.5 Å². The van der Waals surface area contributed by atoms with E-state index in [1.54, 1.807) is 25.3 Å². The van der Waals surface area contributed by atoms with Gasteiger partial charge in [0.2, 0.25) is 5.91 Å². The Kier molecular flexibility index (Phi) is 5.68. The molecule has 1 N–H and O–H groups in total. The maximum atomic E-state index is 12.6. The van der Waals surface area contributed by atoms with Crippen LogP contribution in [0.1, 0.15) is 5.56 Å². The van der Waals surface area contributed by atoms with Crippen LogP contribution in [0.5, 0.6) is 5.75 Å². The Labute approximate surface area is 166 Å². The number of hydrogen-bond acceptors (Lipinski definition) is 7. The third-order valence-corrected chi connectivity index (χ3v) is 6.62. The van der Waals surface area contributed by atoms with Gasteiger partial charge in [0, 0.05) is 5.41 Å². The standard InChI is InChI=1S/C17H16N2O5S3/c1-24-13-4-2-3-11(7-13)8-14-16(21)19(17(25)26-14)9-15(20)18-12-5-6-27(22,23)10-12/h2-8,12H,9-10H2,1H3,(H,18,20)/b14-8-. The highest BCUT2D eigenvalue weighted by molar-refractivity contribution is 8.26. The zero-order valence-corrected chi connectivity index (χ0v) is 16.7. The summed E-state index contributed by atoms with van der Waals surface area (Å²) in [6.45, 7) is -0.259. The summed E-state index contributed by atoms with van der Waals surface area (Å²) in [5, 5.41) is 3.66. The molecule has 1 aromatic carbocycles. The first-order valence-corrected chi connectivity index (χ1v) is 10.8. The average Bonchev–Trinajstić information content (AvgIpc) is 3.08. The molecule has 27 heavy (non-hydrogen) atoms. The van der Waals surface area contributed by atoms with Gasteiger partial charge in [0.15, 0.2) is 9.84 Å². The molecule has 0 saturated carbocycles. The number of benzene rings is 1. The first-order valence-electron chi connectivity index (χ1n) is 7.87. The molecule has 0 aromatic heterocycles. The molecule has 0 aliphatic carbocycles. The van der Waals surface area contributed by atoms with E-state index in [0.29, 0.717) is 10.7 Å². The van der Waals surface area contributed by atoms with Gasteiger partial charge < -0.3 is 10.1 Å². The van der Waals surface area contributed by atoms with Crippen molar-refractivity contribution in [2.24, 2.45) is 0 Å². The molecule has 1 atom stereocenters. The second-order valence-electron chi connectivity index (χ2n) is 5.88. The molecule has 142 valence electrons. The molecular formula is C17H16N2O5S3. The van der Waals surface area contributed by atoms with Crippen LogP contribution in [-0.4, -0.2) is 54.9 Å². The van der Waals surface area contributed by atoms with Crippen LogP contribution in [0.2, 0.25) is 0 Å². The van der Waals surface area contributed by atoms with Crippen molar-refractivity contribution in [2.45, 2.75) is 6.04 Å². The van der Waals surface area contributed by atoms with E-state index < -0.39 is 21.8 Å². The quantitative estimate of drug-likeness (QED) is 0.563. The third kappa shape index (κ3) is 4.76. The van der Waals surface area contributed by atoms with Crippen molar-refractivity contribution in [2.75, 3.05) is 19.4 Å². The van der Waals surface area contributed by atoms with E-state index in [0.717, 1.165) is 22.7 Å². The first kappa shape index (κ1) is 19.6. The number of hydrogen-bond donors (Lipinski definition) is 1. The normalized spacial score (nSPS) is 22.5. The Balaban J connectivity index is 1.66. The van der Waals surface area contributed by atoms with Crippen molar-refractivity contribution in [3.8, 4) is 5.75 Å². The molecule has 2 aliphatic heterocycles. The molecule has 0 bridgehead atoms. The van der Waals surface area contributed by atoms with Gasteiger partial charge in [-0.15, -0.1) is 0 Å². The Hall–Kier alpha value is -2.17. The molecule has 2 aliphatic rings. The molecule has 7 nitrogen and oxygen atoms in total. The Bertz CT molecular complexity index is 969. The summed E-state index contributed by atoms with van der Waals surface area (Å²) >= 11 is 6.32. The van der Waals surface area contributed by atoms with Crippen molar-refractivity contribution in [3.05, 3.63) is 46.2 Å². The lowest BCUT2D eigenvalue weighted by Gasteiger charge is -2.16. The number of methoxy groups -OCH3 is 1. The molecule has 10 heteroatoms. The van der Waals surface area contributed by atoms with Gasteiger partial charge in [-0.2, -0.15) is 0 Å². The van der Waals surface area contributed by atoms with Gasteiger partial charge in [0.05, 0.1) is 23.8 Å². The van der Waals surface area contributed by atoms with Gasteiger partial charge in [-0.3, -0.25) is 14.5 Å². The second-order valence-corrected chi connectivity index (χ2v) is 9.48. The highest BCUT2D eigenvalue weighted by Gasteiger charge is 2.34. The third-order valence-electron chi connectivity index (χ3n) is 3.84. The summed E-state index contributed by atoms with van der Waals surface area (Å²) in [6, 6.07) is 6.63. The molecule has 2 heterocycles. The monoisotopic (exact) mass is 424 g/mol. The van der Waals surface area contributed by atoms with E-state index in [2.05, 4.69) is 5.32 Å². The van der Waals surface area contributed by atoms with E-state index in [1.165, 1.54) is 11.0 Å².